The Bertz CT molecular complexity index is 380. The third kappa shape index (κ3) is 2.77. The molecule has 1 aliphatic carbocycles. The van der Waals surface area contributed by atoms with Gasteiger partial charge in [0.05, 0.1) is 13.2 Å². The monoisotopic (exact) mass is 312 g/mol. The molecule has 2 aliphatic heterocycles. The van der Waals surface area contributed by atoms with E-state index in [-0.39, 0.29) is 23.7 Å². The van der Waals surface area contributed by atoms with Gasteiger partial charge in [-0.15, -0.1) is 0 Å². The number of nitrogens with zero attached hydrogens (tertiary/aromatic N) is 2. The quantitative estimate of drug-likeness (QED) is 0.757. The molecule has 2 heterocycles. The second kappa shape index (κ2) is 6.83. The van der Waals surface area contributed by atoms with Crippen molar-refractivity contribution in [3.8, 4) is 0 Å². The highest BCUT2D eigenvalue weighted by atomic mass is 16.5. The smallest absolute Gasteiger partial charge is 0.243 e. The summed E-state index contributed by atoms with van der Waals surface area (Å²) in [6.07, 6.45) is 4.18. The molecule has 1 saturated carbocycles. The van der Waals surface area contributed by atoms with E-state index in [1.165, 1.54) is 0 Å². The molecule has 2 atom stereocenters. The fraction of sp³-hybridized carbons (Fsp3) is 0.938. The van der Waals surface area contributed by atoms with Gasteiger partial charge in [0.15, 0.2) is 0 Å². The predicted molar refractivity (Wildman–Crippen MR) is 81.8 cm³/mol. The number of carbonyl (C=O) groups is 1. The van der Waals surface area contributed by atoms with E-state index in [2.05, 4.69) is 4.90 Å². The molecular weight excluding hydrogens is 284 g/mol. The van der Waals surface area contributed by atoms with Crippen molar-refractivity contribution in [1.82, 2.24) is 9.80 Å². The van der Waals surface area contributed by atoms with Crippen molar-refractivity contribution in [3.63, 3.8) is 0 Å². The van der Waals surface area contributed by atoms with Crippen LogP contribution in [0.1, 0.15) is 25.7 Å². The Morgan fingerprint density at radius 3 is 2.09 bits per heavy atom. The van der Waals surface area contributed by atoms with Gasteiger partial charge in [0.1, 0.15) is 17.7 Å². The first kappa shape index (κ1) is 16.2. The number of methoxy groups -OCH3 is 2. The van der Waals surface area contributed by atoms with E-state index in [0.717, 1.165) is 52.0 Å². The summed E-state index contributed by atoms with van der Waals surface area (Å²) in [7, 11) is 3.38. The Labute approximate surface area is 132 Å². The highest BCUT2D eigenvalue weighted by molar-refractivity contribution is 5.87. The van der Waals surface area contributed by atoms with E-state index in [1.54, 1.807) is 14.2 Å². The topological polar surface area (TPSA) is 51.2 Å². The van der Waals surface area contributed by atoms with Crippen molar-refractivity contribution in [2.75, 3.05) is 53.6 Å². The van der Waals surface area contributed by atoms with Crippen molar-refractivity contribution in [3.05, 3.63) is 0 Å². The van der Waals surface area contributed by atoms with Gasteiger partial charge >= 0.3 is 0 Å². The summed E-state index contributed by atoms with van der Waals surface area (Å²) in [6.45, 7) is 4.47. The van der Waals surface area contributed by atoms with E-state index in [9.17, 15) is 4.79 Å². The molecule has 3 fully saturated rings. The van der Waals surface area contributed by atoms with Crippen LogP contribution >= 0.6 is 0 Å². The van der Waals surface area contributed by atoms with E-state index in [0.29, 0.717) is 13.1 Å². The molecule has 1 amide bonds. The molecule has 3 aliphatic rings. The molecule has 2 saturated heterocycles. The fourth-order valence-electron chi connectivity index (χ4n) is 4.27. The second-order valence-corrected chi connectivity index (χ2v) is 6.60. The molecule has 6 nitrogen and oxygen atoms in total. The van der Waals surface area contributed by atoms with Crippen LogP contribution in [0.5, 0.6) is 0 Å². The van der Waals surface area contributed by atoms with Crippen LogP contribution in [0.25, 0.3) is 0 Å². The van der Waals surface area contributed by atoms with Gasteiger partial charge in [0.25, 0.3) is 0 Å². The normalized spacial score (nSPS) is 32.5. The minimum Gasteiger partial charge on any atom is -0.379 e. The Balaban J connectivity index is 1.75. The van der Waals surface area contributed by atoms with Crippen LogP contribution in [-0.4, -0.2) is 87.1 Å². The van der Waals surface area contributed by atoms with E-state index < -0.39 is 0 Å². The maximum Gasteiger partial charge on any atom is 0.243 e. The van der Waals surface area contributed by atoms with Crippen molar-refractivity contribution in [2.24, 2.45) is 0 Å². The molecule has 22 heavy (non-hydrogen) atoms. The number of hydrogen-bond acceptors (Lipinski definition) is 5. The molecule has 0 aromatic heterocycles. The average Bonchev–Trinajstić information content (AvgIpc) is 3.22. The average molecular weight is 312 g/mol. The maximum atomic E-state index is 13.3. The number of amides is 1. The van der Waals surface area contributed by atoms with Gasteiger partial charge in [-0.1, -0.05) is 12.8 Å². The lowest BCUT2D eigenvalue weighted by Gasteiger charge is -2.43. The third-order valence-corrected chi connectivity index (χ3v) is 5.55. The summed E-state index contributed by atoms with van der Waals surface area (Å²) in [4.78, 5) is 17.7. The summed E-state index contributed by atoms with van der Waals surface area (Å²) in [5, 5.41) is 0. The fourth-order valence-corrected chi connectivity index (χ4v) is 4.27. The van der Waals surface area contributed by atoms with Gasteiger partial charge in [-0.25, -0.2) is 0 Å². The van der Waals surface area contributed by atoms with Crippen LogP contribution in [0.3, 0.4) is 0 Å². The largest absolute Gasteiger partial charge is 0.379 e. The van der Waals surface area contributed by atoms with Crippen LogP contribution in [-0.2, 0) is 19.0 Å². The SMILES string of the molecule is CO[C@H]1CN(C(=O)C2(N3CCOCC3)CCCC2)C[C@H]1OC. The molecule has 126 valence electrons. The lowest BCUT2D eigenvalue weighted by atomic mass is 9.92. The molecule has 0 spiro atoms. The molecule has 0 unspecified atom stereocenters. The van der Waals surface area contributed by atoms with Crippen LogP contribution in [0.15, 0.2) is 0 Å². The zero-order valence-electron chi connectivity index (χ0n) is 13.8. The zero-order valence-corrected chi connectivity index (χ0v) is 13.8. The first-order valence-corrected chi connectivity index (χ1v) is 8.39. The summed E-state index contributed by atoms with van der Waals surface area (Å²) in [5.74, 6) is 0.272. The highest BCUT2D eigenvalue weighted by Crippen LogP contribution is 2.38. The number of likely N-dealkylation sites (tertiary alicyclic amines) is 1. The molecule has 0 aromatic carbocycles. The van der Waals surface area contributed by atoms with Gasteiger partial charge in [-0.05, 0) is 12.8 Å². The van der Waals surface area contributed by atoms with Crippen LogP contribution in [0.4, 0.5) is 0 Å². The molecular formula is C16H28N2O4. The van der Waals surface area contributed by atoms with Gasteiger partial charge in [-0.3, -0.25) is 9.69 Å². The van der Waals surface area contributed by atoms with E-state index in [4.69, 9.17) is 14.2 Å². The summed E-state index contributed by atoms with van der Waals surface area (Å²) in [5.41, 5.74) is -0.315. The van der Waals surface area contributed by atoms with Crippen LogP contribution in [0, 0.1) is 0 Å². The van der Waals surface area contributed by atoms with Crippen molar-refractivity contribution in [1.29, 1.82) is 0 Å². The van der Waals surface area contributed by atoms with E-state index >= 15 is 0 Å². The van der Waals surface area contributed by atoms with Gasteiger partial charge in [0, 0.05) is 40.4 Å². The van der Waals surface area contributed by atoms with Gasteiger partial charge in [-0.2, -0.15) is 0 Å². The standard InChI is InChI=1S/C16H28N2O4/c1-20-13-11-17(12-14(13)21-2)15(19)16(5-3-4-6-16)18-7-9-22-10-8-18/h13-14H,3-12H2,1-2H3/t13-,14+. The van der Waals surface area contributed by atoms with Crippen molar-refractivity contribution >= 4 is 5.91 Å². The number of hydrogen-bond donors (Lipinski definition) is 0. The zero-order chi connectivity index (χ0) is 15.6. The molecule has 6 heteroatoms. The molecule has 3 rings (SSSR count). The summed E-state index contributed by atoms with van der Waals surface area (Å²) < 4.78 is 16.4. The Morgan fingerprint density at radius 2 is 1.59 bits per heavy atom. The lowest BCUT2D eigenvalue weighted by molar-refractivity contribution is -0.147. The molecule has 0 N–H and O–H groups in total. The minimum absolute atomic E-state index is 0.0166. The van der Waals surface area contributed by atoms with Crippen LogP contribution in [0.2, 0.25) is 0 Å². The van der Waals surface area contributed by atoms with Crippen molar-refractivity contribution in [2.45, 2.75) is 43.4 Å². The molecule has 0 radical (unpaired) electrons. The van der Waals surface area contributed by atoms with Gasteiger partial charge < -0.3 is 19.1 Å². The third-order valence-electron chi connectivity index (χ3n) is 5.55. The predicted octanol–water partition coefficient (Wildman–Crippen LogP) is 0.504. The Hall–Kier alpha value is -0.690. The van der Waals surface area contributed by atoms with Crippen molar-refractivity contribution < 1.29 is 19.0 Å². The highest BCUT2D eigenvalue weighted by Gasteiger charge is 2.50. The number of carbonyl (C=O) groups excluding carboxylic acids is 1. The summed E-state index contributed by atoms with van der Waals surface area (Å²) in [6, 6.07) is 0. The molecule has 0 bridgehead atoms. The Kier molecular flexibility index (Phi) is 5.02. The van der Waals surface area contributed by atoms with E-state index in [1.807, 2.05) is 4.90 Å². The Morgan fingerprint density at radius 1 is 1.05 bits per heavy atom. The first-order chi connectivity index (χ1) is 10.7. The second-order valence-electron chi connectivity index (χ2n) is 6.60. The van der Waals surface area contributed by atoms with Crippen LogP contribution < -0.4 is 0 Å². The minimum atomic E-state index is -0.315. The number of morpholine rings is 1. The summed E-state index contributed by atoms with van der Waals surface area (Å²) >= 11 is 0. The molecule has 0 aromatic rings. The number of ether oxygens (including phenoxy) is 3. The first-order valence-electron chi connectivity index (χ1n) is 8.39. The number of rotatable bonds is 4. The lowest BCUT2D eigenvalue weighted by Crippen LogP contribution is -2.60. The van der Waals surface area contributed by atoms with Gasteiger partial charge in [0.2, 0.25) is 5.91 Å². The maximum absolute atomic E-state index is 13.3.